The third kappa shape index (κ3) is 4.13. The van der Waals surface area contributed by atoms with Crippen LogP contribution in [0, 0.1) is 0 Å². The van der Waals surface area contributed by atoms with Gasteiger partial charge in [-0.15, -0.1) is 0 Å². The maximum atomic E-state index is 13.9. The Bertz CT molecular complexity index is 1400. The van der Waals surface area contributed by atoms with Crippen LogP contribution in [-0.2, 0) is 26.3 Å². The Balaban J connectivity index is 1.69. The van der Waals surface area contributed by atoms with Crippen LogP contribution < -0.4 is 18.0 Å². The summed E-state index contributed by atoms with van der Waals surface area (Å²) in [7, 11) is 1.35. The number of rotatable bonds is 7. The van der Waals surface area contributed by atoms with E-state index < -0.39 is 42.1 Å². The molecule has 1 amide bonds. The van der Waals surface area contributed by atoms with E-state index in [2.05, 4.69) is 27.5 Å². The molecule has 5 rings (SSSR count). The molecule has 8 heteroatoms. The fraction of sp³-hybridized carbons (Fsp3) is 0.267. The Kier molecular flexibility index (Phi) is 6.90. The van der Waals surface area contributed by atoms with Crippen molar-refractivity contribution in [3.63, 3.8) is 0 Å². The van der Waals surface area contributed by atoms with Gasteiger partial charge in [-0.3, -0.25) is 0 Å². The number of carbonyl (C=O) groups excluding carboxylic acids is 2. The van der Waals surface area contributed by atoms with E-state index in [1.807, 2.05) is 48.5 Å². The van der Waals surface area contributed by atoms with Gasteiger partial charge in [0.05, 0.1) is 0 Å². The zero-order chi connectivity index (χ0) is 27.1. The van der Waals surface area contributed by atoms with Crippen molar-refractivity contribution < 1.29 is 28.5 Å². The second kappa shape index (κ2) is 10.0. The summed E-state index contributed by atoms with van der Waals surface area (Å²) in [6, 6.07) is 21.1. The Hall–Kier alpha value is -3.46. The van der Waals surface area contributed by atoms with Crippen molar-refractivity contribution in [1.82, 2.24) is 0 Å². The van der Waals surface area contributed by atoms with Crippen LogP contribution in [0.15, 0.2) is 79.4 Å². The van der Waals surface area contributed by atoms with E-state index in [4.69, 9.17) is 18.9 Å². The molecule has 2 aliphatic rings. The normalized spacial score (nSPS) is 19.1. The molecular formula is C30H31NO6Sn. The maximum absolute atomic E-state index is 13.9. The average molecular weight is 620 g/mol. The molecule has 0 fully saturated rings. The number of para-hydroxylation sites is 1. The number of anilines is 1. The molecule has 2 atom stereocenters. The van der Waals surface area contributed by atoms with Gasteiger partial charge in [0.1, 0.15) is 0 Å². The van der Waals surface area contributed by atoms with Gasteiger partial charge in [-0.1, -0.05) is 6.07 Å². The van der Waals surface area contributed by atoms with Gasteiger partial charge in [-0.05, 0) is 0 Å². The van der Waals surface area contributed by atoms with E-state index >= 15 is 0 Å². The molecule has 196 valence electrons. The van der Waals surface area contributed by atoms with Gasteiger partial charge in [-0.25, -0.2) is 0 Å². The van der Waals surface area contributed by atoms with Crippen molar-refractivity contribution in [3.8, 4) is 11.5 Å². The van der Waals surface area contributed by atoms with Crippen LogP contribution in [0.25, 0.3) is 0 Å². The molecule has 3 aromatic rings. The number of nitrogens with zero attached hydrogens (tertiary/aromatic N) is 1. The minimum atomic E-state index is -2.83. The molecule has 0 aromatic heterocycles. The van der Waals surface area contributed by atoms with E-state index in [9.17, 15) is 9.59 Å². The van der Waals surface area contributed by atoms with Gasteiger partial charge >= 0.3 is 221 Å². The van der Waals surface area contributed by atoms with Crippen molar-refractivity contribution >= 4 is 39.7 Å². The van der Waals surface area contributed by atoms with Crippen molar-refractivity contribution in [2.24, 2.45) is 0 Å². The fourth-order valence-corrected chi connectivity index (χ4v) is 9.79. The summed E-state index contributed by atoms with van der Waals surface area (Å²) in [5.41, 5.74) is 1.58. The van der Waals surface area contributed by atoms with Crippen LogP contribution in [0.2, 0.25) is 14.8 Å². The zero-order valence-corrected chi connectivity index (χ0v) is 24.9. The SMILES string of the molecule is C=CCOC(=O)N1c2c(ccc[c]2[Sn]([CH3])([CH3])[CH3])[C@@]2(C(=O)OC)c3cc(OCc4ccccc4)ccc3O[C@@H]12. The van der Waals surface area contributed by atoms with Crippen molar-refractivity contribution in [2.45, 2.75) is 33.1 Å². The zero-order valence-electron chi connectivity index (χ0n) is 22.0. The molecule has 2 aliphatic heterocycles. The van der Waals surface area contributed by atoms with E-state index in [1.54, 1.807) is 12.1 Å². The number of hydrogen-bond acceptors (Lipinski definition) is 6. The van der Waals surface area contributed by atoms with Crippen LogP contribution in [0.1, 0.15) is 16.7 Å². The average Bonchev–Trinajstić information content (AvgIpc) is 3.40. The van der Waals surface area contributed by atoms with Gasteiger partial charge in [0, 0.05) is 0 Å². The first-order chi connectivity index (χ1) is 18.2. The van der Waals surface area contributed by atoms with E-state index in [0.717, 1.165) is 9.14 Å². The number of amides is 1. The van der Waals surface area contributed by atoms with Crippen LogP contribution in [0.3, 0.4) is 0 Å². The quantitative estimate of drug-likeness (QED) is 0.207. The van der Waals surface area contributed by atoms with E-state index in [1.165, 1.54) is 18.1 Å². The molecule has 2 heterocycles. The van der Waals surface area contributed by atoms with Crippen LogP contribution in [0.4, 0.5) is 10.5 Å². The molecule has 0 bridgehead atoms. The molecule has 0 unspecified atom stereocenters. The number of fused-ring (bicyclic) bond motifs is 5. The first-order valence-corrected chi connectivity index (χ1v) is 22.5. The van der Waals surface area contributed by atoms with Gasteiger partial charge in [0.15, 0.2) is 0 Å². The Morgan fingerprint density at radius 3 is 2.50 bits per heavy atom. The van der Waals surface area contributed by atoms with Crippen molar-refractivity contribution in [1.29, 1.82) is 0 Å². The van der Waals surface area contributed by atoms with E-state index in [0.29, 0.717) is 34.9 Å². The molecular weight excluding hydrogens is 589 g/mol. The molecule has 0 saturated carbocycles. The van der Waals surface area contributed by atoms with Gasteiger partial charge in [0.2, 0.25) is 0 Å². The summed E-state index contributed by atoms with van der Waals surface area (Å²) >= 11 is -2.83. The minimum absolute atomic E-state index is 0.0357. The number of ether oxygens (including phenoxy) is 4. The fourth-order valence-electron chi connectivity index (χ4n) is 5.33. The van der Waals surface area contributed by atoms with Gasteiger partial charge in [-0.2, -0.15) is 0 Å². The molecule has 38 heavy (non-hydrogen) atoms. The van der Waals surface area contributed by atoms with Gasteiger partial charge in [0.25, 0.3) is 0 Å². The topological polar surface area (TPSA) is 74.3 Å². The Morgan fingerprint density at radius 2 is 1.82 bits per heavy atom. The van der Waals surface area contributed by atoms with E-state index in [-0.39, 0.29) is 6.61 Å². The summed E-state index contributed by atoms with van der Waals surface area (Å²) in [5, 5.41) is 0. The number of methoxy groups -OCH3 is 1. The Morgan fingerprint density at radius 1 is 1.05 bits per heavy atom. The predicted molar refractivity (Wildman–Crippen MR) is 148 cm³/mol. The number of benzene rings is 3. The molecule has 0 spiro atoms. The van der Waals surface area contributed by atoms with Crippen molar-refractivity contribution in [3.05, 3.63) is 96.1 Å². The number of esters is 1. The Labute approximate surface area is 226 Å². The monoisotopic (exact) mass is 621 g/mol. The van der Waals surface area contributed by atoms with Crippen LogP contribution in [0.5, 0.6) is 11.5 Å². The van der Waals surface area contributed by atoms with Crippen LogP contribution >= 0.6 is 0 Å². The van der Waals surface area contributed by atoms with Crippen LogP contribution in [-0.4, -0.2) is 50.4 Å². The summed E-state index contributed by atoms with van der Waals surface area (Å²) in [6.07, 6.45) is -0.0903. The predicted octanol–water partition coefficient (Wildman–Crippen LogP) is 5.13. The first-order valence-electron chi connectivity index (χ1n) is 12.5. The first kappa shape index (κ1) is 26.2. The number of carbonyl (C=O) groups is 2. The molecule has 0 radical (unpaired) electrons. The standard InChI is InChI=1S/C27H22NO6.3CH3.Sn/c1-3-15-32-26(30)28-22-12-8-7-11-20(22)27(25(29)31-2)21-16-19(13-14-23(21)34-24(27)28)33-17-18-9-5-4-6-10-18;;;;/h3-11,13-14,16,24H,1,15,17H2,2H3;3*1H3;/t24-,27-;;;;/m1..../s1. The van der Waals surface area contributed by atoms with Crippen molar-refractivity contribution in [2.75, 3.05) is 18.6 Å². The van der Waals surface area contributed by atoms with Gasteiger partial charge < -0.3 is 0 Å². The molecule has 7 nitrogen and oxygen atoms in total. The third-order valence-electron chi connectivity index (χ3n) is 7.01. The summed E-state index contributed by atoms with van der Waals surface area (Å²) < 4.78 is 24.5. The molecule has 3 aromatic carbocycles. The molecule has 0 saturated heterocycles. The summed E-state index contributed by atoms with van der Waals surface area (Å²) in [4.78, 5) is 35.7. The second-order valence-corrected chi connectivity index (χ2v) is 24.8. The molecule has 0 N–H and O–H groups in total. The molecule has 0 aliphatic carbocycles. The third-order valence-corrected chi connectivity index (χ3v) is 12.8. The summed E-state index contributed by atoms with van der Waals surface area (Å²) in [5.74, 6) is 0.563. The second-order valence-electron chi connectivity index (χ2n) is 10.4. The number of hydrogen-bond donors (Lipinski definition) is 0. The summed E-state index contributed by atoms with van der Waals surface area (Å²) in [6.45, 7) is 4.06.